The summed E-state index contributed by atoms with van der Waals surface area (Å²) in [4.78, 5) is 0. The molecule has 1 aliphatic heterocycles. The molecule has 0 saturated carbocycles. The lowest BCUT2D eigenvalue weighted by Crippen LogP contribution is -2.00. The van der Waals surface area contributed by atoms with Crippen LogP contribution in [0.3, 0.4) is 0 Å². The van der Waals surface area contributed by atoms with Crippen LogP contribution in [0.2, 0.25) is 0 Å². The molecule has 0 bridgehead atoms. The Balaban J connectivity index is 1.92. The van der Waals surface area contributed by atoms with E-state index in [1.54, 1.807) is 0 Å². The molecular formula is C16H16O2. The first-order valence-corrected chi connectivity index (χ1v) is 6.24. The van der Waals surface area contributed by atoms with Gasteiger partial charge in [0.2, 0.25) is 0 Å². The van der Waals surface area contributed by atoms with Crippen molar-refractivity contribution in [3.63, 3.8) is 0 Å². The highest BCUT2D eigenvalue weighted by Gasteiger charge is 2.16. The fourth-order valence-corrected chi connectivity index (χ4v) is 2.32. The van der Waals surface area contributed by atoms with Crippen LogP contribution in [-0.4, -0.2) is 11.7 Å². The summed E-state index contributed by atoms with van der Waals surface area (Å²) in [6, 6.07) is 13.9. The number of aliphatic hydroxyl groups excluding tert-OH is 1. The molecule has 18 heavy (non-hydrogen) atoms. The first kappa shape index (κ1) is 11.3. The topological polar surface area (TPSA) is 29.5 Å². The lowest BCUT2D eigenvalue weighted by molar-refractivity contribution is 0.220. The van der Waals surface area contributed by atoms with Gasteiger partial charge in [-0.1, -0.05) is 35.9 Å². The molecule has 1 N–H and O–H groups in total. The van der Waals surface area contributed by atoms with Crippen molar-refractivity contribution in [2.75, 3.05) is 6.61 Å². The molecule has 0 spiro atoms. The van der Waals surface area contributed by atoms with E-state index in [1.807, 2.05) is 49.4 Å². The maximum atomic E-state index is 10.4. The minimum absolute atomic E-state index is 0.559. The van der Waals surface area contributed by atoms with Crippen molar-refractivity contribution in [3.8, 4) is 5.75 Å². The molecule has 3 rings (SSSR count). The molecule has 2 aromatic carbocycles. The molecule has 2 nitrogen and oxygen atoms in total. The summed E-state index contributed by atoms with van der Waals surface area (Å²) in [5.41, 5.74) is 4.26. The van der Waals surface area contributed by atoms with Crippen LogP contribution in [0.4, 0.5) is 0 Å². The molecule has 1 heterocycles. The fraction of sp³-hybridized carbons (Fsp3) is 0.250. The van der Waals surface area contributed by atoms with Gasteiger partial charge in [-0.3, -0.25) is 0 Å². The standard InChI is InChI=1S/C16H16O2/c1-11-2-4-12(5-3-11)16(17)14-6-7-15-13(10-14)8-9-18-15/h2-7,10,16-17H,8-9H2,1H3. The minimum atomic E-state index is -0.559. The molecule has 92 valence electrons. The van der Waals surface area contributed by atoms with E-state index in [0.29, 0.717) is 0 Å². The zero-order chi connectivity index (χ0) is 12.5. The highest BCUT2D eigenvalue weighted by Crippen LogP contribution is 2.30. The summed E-state index contributed by atoms with van der Waals surface area (Å²) in [5.74, 6) is 0.954. The highest BCUT2D eigenvalue weighted by atomic mass is 16.5. The van der Waals surface area contributed by atoms with Gasteiger partial charge in [0.15, 0.2) is 0 Å². The average molecular weight is 240 g/mol. The van der Waals surface area contributed by atoms with Crippen molar-refractivity contribution in [3.05, 3.63) is 64.7 Å². The molecule has 1 atom stereocenters. The number of rotatable bonds is 2. The number of benzene rings is 2. The van der Waals surface area contributed by atoms with Crippen LogP contribution in [0.5, 0.6) is 5.75 Å². The van der Waals surface area contributed by atoms with E-state index in [0.717, 1.165) is 29.9 Å². The average Bonchev–Trinajstić information content (AvgIpc) is 2.86. The Morgan fingerprint density at radius 2 is 1.78 bits per heavy atom. The van der Waals surface area contributed by atoms with Gasteiger partial charge in [-0.15, -0.1) is 0 Å². The fourth-order valence-electron chi connectivity index (χ4n) is 2.32. The van der Waals surface area contributed by atoms with Crippen molar-refractivity contribution < 1.29 is 9.84 Å². The largest absolute Gasteiger partial charge is 0.493 e. The van der Waals surface area contributed by atoms with Gasteiger partial charge in [0.25, 0.3) is 0 Å². The van der Waals surface area contributed by atoms with Gasteiger partial charge in [0.1, 0.15) is 11.9 Å². The van der Waals surface area contributed by atoms with Crippen LogP contribution in [-0.2, 0) is 6.42 Å². The van der Waals surface area contributed by atoms with E-state index in [4.69, 9.17) is 4.74 Å². The van der Waals surface area contributed by atoms with Crippen LogP contribution in [0.15, 0.2) is 42.5 Å². The molecule has 0 aliphatic carbocycles. The third kappa shape index (κ3) is 2.00. The van der Waals surface area contributed by atoms with Crippen LogP contribution in [0.1, 0.15) is 28.4 Å². The zero-order valence-corrected chi connectivity index (χ0v) is 10.4. The number of aryl methyl sites for hydroxylation is 1. The van der Waals surface area contributed by atoms with Crippen LogP contribution < -0.4 is 4.74 Å². The second-order valence-electron chi connectivity index (χ2n) is 4.78. The molecule has 1 aliphatic rings. The Morgan fingerprint density at radius 1 is 1.06 bits per heavy atom. The van der Waals surface area contributed by atoms with Crippen molar-refractivity contribution in [1.29, 1.82) is 0 Å². The van der Waals surface area contributed by atoms with Gasteiger partial charge in [0, 0.05) is 6.42 Å². The number of fused-ring (bicyclic) bond motifs is 1. The summed E-state index contributed by atoms with van der Waals surface area (Å²) < 4.78 is 5.47. The Morgan fingerprint density at radius 3 is 2.56 bits per heavy atom. The predicted octanol–water partition coefficient (Wildman–Crippen LogP) is 3.01. The number of hydrogen-bond acceptors (Lipinski definition) is 2. The van der Waals surface area contributed by atoms with Crippen LogP contribution in [0.25, 0.3) is 0 Å². The lowest BCUT2D eigenvalue weighted by atomic mass is 9.98. The van der Waals surface area contributed by atoms with E-state index in [-0.39, 0.29) is 0 Å². The SMILES string of the molecule is Cc1ccc(C(O)c2ccc3c(c2)CCO3)cc1. The Hall–Kier alpha value is -1.80. The normalized spacial score (nSPS) is 15.0. The smallest absolute Gasteiger partial charge is 0.122 e. The summed E-state index contributed by atoms with van der Waals surface area (Å²) in [5, 5.41) is 10.4. The van der Waals surface area contributed by atoms with Gasteiger partial charge >= 0.3 is 0 Å². The minimum Gasteiger partial charge on any atom is -0.493 e. The van der Waals surface area contributed by atoms with Crippen LogP contribution in [0, 0.1) is 6.92 Å². The predicted molar refractivity (Wildman–Crippen MR) is 70.9 cm³/mol. The van der Waals surface area contributed by atoms with Crippen molar-refractivity contribution in [2.45, 2.75) is 19.4 Å². The summed E-state index contributed by atoms with van der Waals surface area (Å²) in [6.07, 6.45) is 0.376. The van der Waals surface area contributed by atoms with E-state index in [1.165, 1.54) is 11.1 Å². The van der Waals surface area contributed by atoms with E-state index >= 15 is 0 Å². The Kier molecular flexibility index (Phi) is 2.80. The third-order valence-corrected chi connectivity index (χ3v) is 3.42. The maximum absolute atomic E-state index is 10.4. The third-order valence-electron chi connectivity index (χ3n) is 3.42. The molecule has 2 heteroatoms. The van der Waals surface area contributed by atoms with Gasteiger partial charge in [0.05, 0.1) is 6.61 Å². The van der Waals surface area contributed by atoms with Gasteiger partial charge in [-0.25, -0.2) is 0 Å². The molecule has 0 fully saturated rings. The summed E-state index contributed by atoms with van der Waals surface area (Å²) >= 11 is 0. The molecule has 0 amide bonds. The zero-order valence-electron chi connectivity index (χ0n) is 10.4. The number of ether oxygens (including phenoxy) is 1. The first-order valence-electron chi connectivity index (χ1n) is 6.24. The molecule has 0 saturated heterocycles. The van der Waals surface area contributed by atoms with E-state index in [9.17, 15) is 5.11 Å². The van der Waals surface area contributed by atoms with Crippen LogP contribution >= 0.6 is 0 Å². The second kappa shape index (κ2) is 4.46. The quantitative estimate of drug-likeness (QED) is 0.874. The monoisotopic (exact) mass is 240 g/mol. The molecule has 0 aromatic heterocycles. The summed E-state index contributed by atoms with van der Waals surface area (Å²) in [7, 11) is 0. The molecule has 0 radical (unpaired) electrons. The highest BCUT2D eigenvalue weighted by molar-refractivity contribution is 5.42. The first-order chi connectivity index (χ1) is 8.74. The second-order valence-corrected chi connectivity index (χ2v) is 4.78. The van der Waals surface area contributed by atoms with Gasteiger partial charge in [-0.05, 0) is 35.7 Å². The van der Waals surface area contributed by atoms with Gasteiger partial charge in [-0.2, -0.15) is 0 Å². The van der Waals surface area contributed by atoms with Crippen molar-refractivity contribution in [2.24, 2.45) is 0 Å². The number of hydrogen-bond donors (Lipinski definition) is 1. The number of aliphatic hydroxyl groups is 1. The molecule has 2 aromatic rings. The Bertz CT molecular complexity index is 558. The van der Waals surface area contributed by atoms with Crippen molar-refractivity contribution in [1.82, 2.24) is 0 Å². The molecule has 1 unspecified atom stereocenters. The van der Waals surface area contributed by atoms with Gasteiger partial charge < -0.3 is 9.84 Å². The maximum Gasteiger partial charge on any atom is 0.122 e. The van der Waals surface area contributed by atoms with E-state index < -0.39 is 6.10 Å². The van der Waals surface area contributed by atoms with Crippen molar-refractivity contribution >= 4 is 0 Å². The summed E-state index contributed by atoms with van der Waals surface area (Å²) in [6.45, 7) is 2.79. The Labute approximate surface area is 107 Å². The molecular weight excluding hydrogens is 224 g/mol. The van der Waals surface area contributed by atoms with E-state index in [2.05, 4.69) is 0 Å². The lowest BCUT2D eigenvalue weighted by Gasteiger charge is -2.12.